The first kappa shape index (κ1) is 15.1. The van der Waals surface area contributed by atoms with Gasteiger partial charge in [-0.3, -0.25) is 0 Å². The number of thioether (sulfide) groups is 1. The summed E-state index contributed by atoms with van der Waals surface area (Å²) in [7, 11) is 2.07. The summed E-state index contributed by atoms with van der Waals surface area (Å²) in [5, 5.41) is 5.87. The van der Waals surface area contributed by atoms with E-state index in [0.717, 1.165) is 16.9 Å². The predicted octanol–water partition coefficient (Wildman–Crippen LogP) is 4.24. The quantitative estimate of drug-likeness (QED) is 0.900. The molecule has 2 nitrogen and oxygen atoms in total. The van der Waals surface area contributed by atoms with Gasteiger partial charge >= 0.3 is 0 Å². The van der Waals surface area contributed by atoms with E-state index in [4.69, 9.17) is 11.6 Å². The maximum absolute atomic E-state index is 5.89. The van der Waals surface area contributed by atoms with E-state index in [2.05, 4.69) is 31.2 Å². The van der Waals surface area contributed by atoms with E-state index in [0.29, 0.717) is 16.3 Å². The second-order valence-electron chi connectivity index (χ2n) is 5.68. The van der Waals surface area contributed by atoms with Gasteiger partial charge in [0.25, 0.3) is 0 Å². The summed E-state index contributed by atoms with van der Waals surface area (Å²) in [6.07, 6.45) is 5.62. The van der Waals surface area contributed by atoms with Gasteiger partial charge in [-0.15, -0.1) is 11.8 Å². The van der Waals surface area contributed by atoms with Gasteiger partial charge < -0.3 is 5.32 Å². The third-order valence-electron chi connectivity index (χ3n) is 4.12. The highest BCUT2D eigenvalue weighted by Crippen LogP contribution is 2.38. The van der Waals surface area contributed by atoms with Gasteiger partial charge in [-0.25, -0.2) is 4.98 Å². The van der Waals surface area contributed by atoms with Crippen molar-refractivity contribution in [3.05, 3.63) is 23.4 Å². The van der Waals surface area contributed by atoms with Crippen molar-refractivity contribution in [2.24, 2.45) is 11.8 Å². The van der Waals surface area contributed by atoms with E-state index < -0.39 is 0 Å². The summed E-state index contributed by atoms with van der Waals surface area (Å²) in [5.41, 5.74) is 0. The topological polar surface area (TPSA) is 24.9 Å². The van der Waals surface area contributed by atoms with Crippen LogP contribution in [-0.2, 0) is 0 Å². The first-order valence-corrected chi connectivity index (χ1v) is 8.31. The molecule has 2 rings (SSSR count). The van der Waals surface area contributed by atoms with E-state index in [-0.39, 0.29) is 0 Å². The molecule has 0 radical (unpaired) electrons. The standard InChI is InChI=1S/C15H23ClN2S/c1-10(2)11-4-6-13(17-3)14(8-11)19-15-7-5-12(16)9-18-15/h5,7,9-11,13-14,17H,4,6,8H2,1-3H3. The number of nitrogens with one attached hydrogen (secondary N) is 1. The molecule has 1 heterocycles. The maximum atomic E-state index is 5.89. The highest BCUT2D eigenvalue weighted by atomic mass is 35.5. The second kappa shape index (κ2) is 6.96. The summed E-state index contributed by atoms with van der Waals surface area (Å²) < 4.78 is 0. The molecule has 0 bridgehead atoms. The molecule has 1 fully saturated rings. The normalized spacial score (nSPS) is 27.7. The Morgan fingerprint density at radius 2 is 2.16 bits per heavy atom. The average molecular weight is 299 g/mol. The Hall–Kier alpha value is -0.250. The van der Waals surface area contributed by atoms with E-state index in [1.165, 1.54) is 19.3 Å². The van der Waals surface area contributed by atoms with Crippen LogP contribution in [0, 0.1) is 11.8 Å². The van der Waals surface area contributed by atoms with Crippen molar-refractivity contribution in [1.29, 1.82) is 0 Å². The summed E-state index contributed by atoms with van der Waals surface area (Å²) in [6, 6.07) is 4.55. The third-order valence-corrected chi connectivity index (χ3v) is 5.65. The summed E-state index contributed by atoms with van der Waals surface area (Å²) in [6.45, 7) is 4.68. The Labute approximate surface area is 125 Å². The Kier molecular flexibility index (Phi) is 5.55. The SMILES string of the molecule is CNC1CCC(C(C)C)CC1Sc1ccc(Cl)cn1. The molecule has 1 aliphatic carbocycles. The van der Waals surface area contributed by atoms with Crippen LogP contribution in [0.15, 0.2) is 23.4 Å². The molecule has 1 aromatic rings. The summed E-state index contributed by atoms with van der Waals surface area (Å²) in [5.74, 6) is 1.62. The molecule has 1 saturated carbocycles. The number of aromatic nitrogens is 1. The van der Waals surface area contributed by atoms with Crippen LogP contribution in [0.5, 0.6) is 0 Å². The average Bonchev–Trinajstić information content (AvgIpc) is 2.41. The predicted molar refractivity (Wildman–Crippen MR) is 83.9 cm³/mol. The molecule has 4 heteroatoms. The molecular formula is C15H23ClN2S. The molecule has 0 spiro atoms. The molecule has 0 amide bonds. The summed E-state index contributed by atoms with van der Waals surface area (Å²) >= 11 is 7.79. The third kappa shape index (κ3) is 4.11. The van der Waals surface area contributed by atoms with Crippen molar-refractivity contribution in [1.82, 2.24) is 10.3 Å². The Morgan fingerprint density at radius 1 is 1.37 bits per heavy atom. The number of hydrogen-bond acceptors (Lipinski definition) is 3. The number of hydrogen-bond donors (Lipinski definition) is 1. The fourth-order valence-corrected chi connectivity index (χ4v) is 4.28. The van der Waals surface area contributed by atoms with E-state index in [9.17, 15) is 0 Å². The van der Waals surface area contributed by atoms with E-state index in [1.54, 1.807) is 6.20 Å². The lowest BCUT2D eigenvalue weighted by atomic mass is 9.79. The van der Waals surface area contributed by atoms with Gasteiger partial charge in [-0.1, -0.05) is 25.4 Å². The molecule has 3 atom stereocenters. The maximum Gasteiger partial charge on any atom is 0.0964 e. The van der Waals surface area contributed by atoms with Crippen LogP contribution in [0.1, 0.15) is 33.1 Å². The highest BCUT2D eigenvalue weighted by Gasteiger charge is 2.31. The van der Waals surface area contributed by atoms with Crippen LogP contribution in [0.2, 0.25) is 5.02 Å². The minimum absolute atomic E-state index is 0.595. The highest BCUT2D eigenvalue weighted by molar-refractivity contribution is 7.99. The molecule has 0 aromatic carbocycles. The minimum Gasteiger partial charge on any atom is -0.316 e. The van der Waals surface area contributed by atoms with Crippen LogP contribution < -0.4 is 5.32 Å². The first-order chi connectivity index (χ1) is 9.10. The molecule has 1 aromatic heterocycles. The monoisotopic (exact) mass is 298 g/mol. The Bertz CT molecular complexity index is 394. The Balaban J connectivity index is 2.03. The summed E-state index contributed by atoms with van der Waals surface area (Å²) in [4.78, 5) is 4.41. The van der Waals surface area contributed by atoms with Crippen molar-refractivity contribution < 1.29 is 0 Å². The largest absolute Gasteiger partial charge is 0.316 e. The fraction of sp³-hybridized carbons (Fsp3) is 0.667. The first-order valence-electron chi connectivity index (χ1n) is 7.05. The molecule has 1 aliphatic rings. The molecular weight excluding hydrogens is 276 g/mol. The minimum atomic E-state index is 0.595. The van der Waals surface area contributed by atoms with E-state index >= 15 is 0 Å². The fourth-order valence-electron chi connectivity index (χ4n) is 2.81. The molecule has 106 valence electrons. The smallest absolute Gasteiger partial charge is 0.0964 e. The van der Waals surface area contributed by atoms with Gasteiger partial charge in [0.15, 0.2) is 0 Å². The van der Waals surface area contributed by atoms with Crippen LogP contribution in [0.25, 0.3) is 0 Å². The molecule has 0 saturated heterocycles. The van der Waals surface area contributed by atoms with Crippen molar-refractivity contribution in [2.45, 2.75) is 49.4 Å². The van der Waals surface area contributed by atoms with E-state index in [1.807, 2.05) is 23.9 Å². The molecule has 3 unspecified atom stereocenters. The van der Waals surface area contributed by atoms with Gasteiger partial charge in [-0.2, -0.15) is 0 Å². The van der Waals surface area contributed by atoms with Crippen LogP contribution in [-0.4, -0.2) is 23.3 Å². The number of rotatable bonds is 4. The lowest BCUT2D eigenvalue weighted by molar-refractivity contribution is 0.251. The van der Waals surface area contributed by atoms with Gasteiger partial charge in [0.05, 0.1) is 10.0 Å². The zero-order valence-electron chi connectivity index (χ0n) is 11.9. The van der Waals surface area contributed by atoms with Gasteiger partial charge in [0.1, 0.15) is 0 Å². The van der Waals surface area contributed by atoms with Crippen molar-refractivity contribution in [3.63, 3.8) is 0 Å². The number of nitrogens with zero attached hydrogens (tertiary/aromatic N) is 1. The van der Waals surface area contributed by atoms with Crippen molar-refractivity contribution >= 4 is 23.4 Å². The lowest BCUT2D eigenvalue weighted by Gasteiger charge is -2.37. The van der Waals surface area contributed by atoms with Gasteiger partial charge in [-0.05, 0) is 50.3 Å². The van der Waals surface area contributed by atoms with Crippen LogP contribution in [0.3, 0.4) is 0 Å². The number of halogens is 1. The Morgan fingerprint density at radius 3 is 2.74 bits per heavy atom. The number of pyridine rings is 1. The van der Waals surface area contributed by atoms with Crippen molar-refractivity contribution in [3.8, 4) is 0 Å². The zero-order valence-corrected chi connectivity index (χ0v) is 13.5. The van der Waals surface area contributed by atoms with Gasteiger partial charge in [0.2, 0.25) is 0 Å². The van der Waals surface area contributed by atoms with Crippen molar-refractivity contribution in [2.75, 3.05) is 7.05 Å². The van der Waals surface area contributed by atoms with Crippen LogP contribution in [0.4, 0.5) is 0 Å². The second-order valence-corrected chi connectivity index (χ2v) is 7.38. The van der Waals surface area contributed by atoms with Gasteiger partial charge in [0, 0.05) is 17.5 Å². The molecule has 0 aliphatic heterocycles. The van der Waals surface area contributed by atoms with Crippen LogP contribution >= 0.6 is 23.4 Å². The molecule has 19 heavy (non-hydrogen) atoms. The zero-order chi connectivity index (χ0) is 13.8. The molecule has 1 N–H and O–H groups in total. The lowest BCUT2D eigenvalue weighted by Crippen LogP contribution is -2.41.